The molecule has 2 aromatic carbocycles. The minimum atomic E-state index is -3.62. The van der Waals surface area contributed by atoms with E-state index in [9.17, 15) is 18.0 Å². The molecule has 1 aliphatic heterocycles. The number of nitrogens with one attached hydrogen (secondary N) is 1. The summed E-state index contributed by atoms with van der Waals surface area (Å²) in [5.41, 5.74) is 1.36. The zero-order valence-corrected chi connectivity index (χ0v) is 17.4. The van der Waals surface area contributed by atoms with Crippen LogP contribution >= 0.6 is 0 Å². The maximum atomic E-state index is 12.5. The number of nitrogens with zero attached hydrogens (tertiary/aromatic N) is 2. The van der Waals surface area contributed by atoms with Gasteiger partial charge in [0.2, 0.25) is 10.0 Å². The molecule has 0 atom stereocenters. The Labute approximate surface area is 171 Å². The normalized spacial score (nSPS) is 14.7. The number of anilines is 1. The van der Waals surface area contributed by atoms with Crippen molar-refractivity contribution >= 4 is 27.5 Å². The van der Waals surface area contributed by atoms with Crippen molar-refractivity contribution < 1.29 is 18.0 Å². The first-order chi connectivity index (χ1) is 13.8. The molecule has 1 N–H and O–H groups in total. The Morgan fingerprint density at radius 1 is 0.931 bits per heavy atom. The maximum absolute atomic E-state index is 12.5. The highest BCUT2D eigenvalue weighted by Crippen LogP contribution is 2.18. The monoisotopic (exact) mass is 415 g/mol. The van der Waals surface area contributed by atoms with Crippen molar-refractivity contribution in [1.82, 2.24) is 9.21 Å². The zero-order valence-electron chi connectivity index (χ0n) is 16.6. The molecule has 2 aromatic rings. The van der Waals surface area contributed by atoms with Gasteiger partial charge in [-0.2, -0.15) is 0 Å². The van der Waals surface area contributed by atoms with Crippen molar-refractivity contribution in [1.29, 1.82) is 0 Å². The summed E-state index contributed by atoms with van der Waals surface area (Å²) in [6.07, 6.45) is 3.22. The van der Waals surface area contributed by atoms with Crippen LogP contribution in [0.25, 0.3) is 0 Å². The largest absolute Gasteiger partial charge is 0.339 e. The summed E-state index contributed by atoms with van der Waals surface area (Å²) in [6, 6.07) is 12.6. The van der Waals surface area contributed by atoms with Crippen molar-refractivity contribution in [3.63, 3.8) is 0 Å². The van der Waals surface area contributed by atoms with Crippen molar-refractivity contribution in [2.24, 2.45) is 0 Å². The van der Waals surface area contributed by atoms with E-state index in [0.29, 0.717) is 11.3 Å². The molecule has 7 nitrogen and oxygen atoms in total. The summed E-state index contributed by atoms with van der Waals surface area (Å²) < 4.78 is 25.6. The van der Waals surface area contributed by atoms with E-state index in [1.807, 2.05) is 4.90 Å². The molecule has 1 heterocycles. The second-order valence-corrected chi connectivity index (χ2v) is 9.35. The van der Waals surface area contributed by atoms with E-state index < -0.39 is 15.9 Å². The topological polar surface area (TPSA) is 86.8 Å². The van der Waals surface area contributed by atoms with Gasteiger partial charge >= 0.3 is 0 Å². The lowest BCUT2D eigenvalue weighted by molar-refractivity contribution is 0.0724. The first kappa shape index (κ1) is 21.0. The number of likely N-dealkylation sites (tertiary alicyclic amines) is 1. The van der Waals surface area contributed by atoms with Gasteiger partial charge in [-0.1, -0.05) is 6.07 Å². The highest BCUT2D eigenvalue weighted by Gasteiger charge is 2.20. The number of hydrogen-bond acceptors (Lipinski definition) is 4. The highest BCUT2D eigenvalue weighted by molar-refractivity contribution is 7.89. The lowest BCUT2D eigenvalue weighted by Gasteiger charge is -2.26. The minimum absolute atomic E-state index is 0.00386. The van der Waals surface area contributed by atoms with E-state index >= 15 is 0 Å². The van der Waals surface area contributed by atoms with Gasteiger partial charge in [0, 0.05) is 44.0 Å². The Bertz CT molecular complexity index is 995. The van der Waals surface area contributed by atoms with Crippen molar-refractivity contribution in [3.8, 4) is 0 Å². The molecule has 1 aliphatic rings. The molecule has 0 saturated carbocycles. The molecular formula is C21H25N3O4S. The summed E-state index contributed by atoms with van der Waals surface area (Å²) >= 11 is 0. The smallest absolute Gasteiger partial charge is 0.255 e. The Morgan fingerprint density at radius 2 is 1.59 bits per heavy atom. The van der Waals surface area contributed by atoms with Crippen molar-refractivity contribution in [2.45, 2.75) is 24.2 Å². The summed E-state index contributed by atoms with van der Waals surface area (Å²) in [6.45, 7) is 1.56. The summed E-state index contributed by atoms with van der Waals surface area (Å²) in [4.78, 5) is 27.0. The number of piperidine rings is 1. The molecule has 29 heavy (non-hydrogen) atoms. The van der Waals surface area contributed by atoms with Gasteiger partial charge < -0.3 is 10.2 Å². The quantitative estimate of drug-likeness (QED) is 0.814. The molecule has 1 fully saturated rings. The van der Waals surface area contributed by atoms with Crippen LogP contribution in [-0.2, 0) is 10.0 Å². The third-order valence-corrected chi connectivity index (χ3v) is 6.72. The van der Waals surface area contributed by atoms with E-state index in [2.05, 4.69) is 5.32 Å². The molecule has 8 heteroatoms. The first-order valence-corrected chi connectivity index (χ1v) is 11.0. The number of carbonyl (C=O) groups is 2. The average Bonchev–Trinajstić information content (AvgIpc) is 2.74. The second-order valence-electron chi connectivity index (χ2n) is 7.20. The van der Waals surface area contributed by atoms with Gasteiger partial charge in [-0.25, -0.2) is 12.7 Å². The lowest BCUT2D eigenvalue weighted by Crippen LogP contribution is -2.35. The molecule has 0 unspecified atom stereocenters. The number of amides is 2. The van der Waals surface area contributed by atoms with Crippen LogP contribution in [0, 0.1) is 0 Å². The van der Waals surface area contributed by atoms with E-state index in [0.717, 1.165) is 36.7 Å². The van der Waals surface area contributed by atoms with Crippen LogP contribution in [0.3, 0.4) is 0 Å². The Kier molecular flexibility index (Phi) is 6.34. The van der Waals surface area contributed by atoms with Gasteiger partial charge in [0.1, 0.15) is 0 Å². The minimum Gasteiger partial charge on any atom is -0.339 e. The lowest BCUT2D eigenvalue weighted by atomic mass is 10.1. The zero-order chi connectivity index (χ0) is 21.0. The third-order valence-electron chi connectivity index (χ3n) is 4.91. The van der Waals surface area contributed by atoms with Crippen LogP contribution < -0.4 is 5.32 Å². The van der Waals surface area contributed by atoms with Gasteiger partial charge in [0.15, 0.2) is 0 Å². The third kappa shape index (κ3) is 4.83. The molecule has 3 rings (SSSR count). The highest BCUT2D eigenvalue weighted by atomic mass is 32.2. The van der Waals surface area contributed by atoms with Crippen molar-refractivity contribution in [2.75, 3.05) is 32.5 Å². The molecule has 2 amide bonds. The molecule has 154 valence electrons. The standard InChI is InChI=1S/C21H25N3O4S/c1-23(2)29(27,28)19-8-6-7-17(15-19)20(25)22-18-11-9-16(10-12-18)21(26)24-13-4-3-5-14-24/h6-12,15H,3-5,13-14H2,1-2H3,(H,22,25). The van der Waals surface area contributed by atoms with Gasteiger partial charge in [0.25, 0.3) is 11.8 Å². The number of sulfonamides is 1. The van der Waals surface area contributed by atoms with Gasteiger partial charge in [-0.05, 0) is 61.7 Å². The van der Waals surface area contributed by atoms with Crippen molar-refractivity contribution in [3.05, 3.63) is 59.7 Å². The van der Waals surface area contributed by atoms with Crippen LogP contribution in [-0.4, -0.2) is 56.6 Å². The first-order valence-electron chi connectivity index (χ1n) is 9.52. The second kappa shape index (κ2) is 8.75. The average molecular weight is 416 g/mol. The Morgan fingerprint density at radius 3 is 2.21 bits per heavy atom. The van der Waals surface area contributed by atoms with Gasteiger partial charge in [-0.3, -0.25) is 9.59 Å². The molecule has 0 spiro atoms. The predicted molar refractivity (Wildman–Crippen MR) is 111 cm³/mol. The molecule has 1 saturated heterocycles. The SMILES string of the molecule is CN(C)S(=O)(=O)c1cccc(C(=O)Nc2ccc(C(=O)N3CCCCC3)cc2)c1. The van der Waals surface area contributed by atoms with Crippen LogP contribution in [0.1, 0.15) is 40.0 Å². The van der Waals surface area contributed by atoms with Gasteiger partial charge in [-0.15, -0.1) is 0 Å². The van der Waals surface area contributed by atoms with Crippen LogP contribution in [0.5, 0.6) is 0 Å². The van der Waals surface area contributed by atoms with Crippen LogP contribution in [0.2, 0.25) is 0 Å². The molecule has 0 aliphatic carbocycles. The Balaban J connectivity index is 1.70. The molecular weight excluding hydrogens is 390 g/mol. The molecule has 0 radical (unpaired) electrons. The number of rotatable bonds is 5. The summed E-state index contributed by atoms with van der Waals surface area (Å²) in [5, 5.41) is 2.74. The van der Waals surface area contributed by atoms with E-state index in [4.69, 9.17) is 0 Å². The predicted octanol–water partition coefficient (Wildman–Crippen LogP) is 2.82. The van der Waals surface area contributed by atoms with Gasteiger partial charge in [0.05, 0.1) is 4.90 Å². The molecule has 0 aromatic heterocycles. The number of hydrogen-bond donors (Lipinski definition) is 1. The van der Waals surface area contributed by atoms with E-state index in [-0.39, 0.29) is 16.4 Å². The fraction of sp³-hybridized carbons (Fsp3) is 0.333. The number of benzene rings is 2. The Hall–Kier alpha value is -2.71. The fourth-order valence-corrected chi connectivity index (χ4v) is 4.14. The maximum Gasteiger partial charge on any atom is 0.255 e. The summed E-state index contributed by atoms with van der Waals surface area (Å²) in [5.74, 6) is -0.417. The molecule has 0 bridgehead atoms. The summed E-state index contributed by atoms with van der Waals surface area (Å²) in [7, 11) is -0.742. The number of carbonyl (C=O) groups excluding carboxylic acids is 2. The van der Waals surface area contributed by atoms with E-state index in [1.54, 1.807) is 30.3 Å². The van der Waals surface area contributed by atoms with Crippen LogP contribution in [0.15, 0.2) is 53.4 Å². The fourth-order valence-electron chi connectivity index (χ4n) is 3.19. The van der Waals surface area contributed by atoms with Crippen LogP contribution in [0.4, 0.5) is 5.69 Å². The van der Waals surface area contributed by atoms with E-state index in [1.165, 1.54) is 32.3 Å².